The topological polar surface area (TPSA) is 43.7 Å². The third kappa shape index (κ3) is 2.00. The summed E-state index contributed by atoms with van der Waals surface area (Å²) >= 11 is 0. The summed E-state index contributed by atoms with van der Waals surface area (Å²) in [4.78, 5) is 2.12. The van der Waals surface area contributed by atoms with Gasteiger partial charge in [0.05, 0.1) is 5.92 Å². The van der Waals surface area contributed by atoms with E-state index in [4.69, 9.17) is 0 Å². The Bertz CT molecular complexity index is 572. The molecule has 0 aliphatic heterocycles. The molecule has 1 aromatic carbocycles. The van der Waals surface area contributed by atoms with Crippen molar-refractivity contribution in [2.45, 2.75) is 18.4 Å². The number of aliphatic hydroxyl groups is 1. The maximum absolute atomic E-state index is 11.4. The van der Waals surface area contributed by atoms with Gasteiger partial charge in [-0.05, 0) is 44.6 Å². The van der Waals surface area contributed by atoms with Gasteiger partial charge in [0, 0.05) is 18.4 Å². The summed E-state index contributed by atoms with van der Waals surface area (Å²) in [6, 6.07) is 7.03. The third-order valence-electron chi connectivity index (χ3n) is 4.64. The summed E-state index contributed by atoms with van der Waals surface area (Å²) in [5, 5.41) is 21.2. The van der Waals surface area contributed by atoms with Gasteiger partial charge in [0.25, 0.3) is 0 Å². The van der Waals surface area contributed by atoms with Crippen LogP contribution in [0.25, 0.3) is 0 Å². The molecule has 0 aromatic heterocycles. The first-order valence-electron chi connectivity index (χ1n) is 7.19. The number of hydrogen-bond acceptors (Lipinski definition) is 3. The number of hydrogen-bond donors (Lipinski definition) is 2. The number of phenolic OH excluding ortho intramolecular Hbond substituents is 1. The van der Waals surface area contributed by atoms with Crippen LogP contribution in [0.3, 0.4) is 0 Å². The lowest BCUT2D eigenvalue weighted by Gasteiger charge is -2.50. The third-order valence-corrected chi connectivity index (χ3v) is 4.64. The summed E-state index contributed by atoms with van der Waals surface area (Å²) in [7, 11) is 4.06. The Kier molecular flexibility index (Phi) is 3.24. The quantitative estimate of drug-likeness (QED) is 0.824. The van der Waals surface area contributed by atoms with Gasteiger partial charge in [0.15, 0.2) is 0 Å². The first-order valence-corrected chi connectivity index (χ1v) is 7.19. The molecule has 0 bridgehead atoms. The number of benzene rings is 1. The summed E-state index contributed by atoms with van der Waals surface area (Å²) in [6.45, 7) is 0.830. The van der Waals surface area contributed by atoms with Crippen LogP contribution in [-0.2, 0) is 5.60 Å². The molecule has 0 spiro atoms. The van der Waals surface area contributed by atoms with Gasteiger partial charge in [-0.15, -0.1) is 0 Å². The second-order valence-corrected chi connectivity index (χ2v) is 6.29. The highest BCUT2D eigenvalue weighted by molar-refractivity contribution is 5.39. The normalized spacial score (nSPS) is 34.9. The summed E-state index contributed by atoms with van der Waals surface area (Å²) < 4.78 is 0. The molecule has 1 aromatic rings. The lowest BCUT2D eigenvalue weighted by Crippen LogP contribution is -2.53. The maximum atomic E-state index is 11.4. The van der Waals surface area contributed by atoms with Gasteiger partial charge in [-0.2, -0.15) is 0 Å². The van der Waals surface area contributed by atoms with Crippen LogP contribution in [-0.4, -0.2) is 35.8 Å². The van der Waals surface area contributed by atoms with Crippen molar-refractivity contribution in [1.82, 2.24) is 4.90 Å². The Balaban J connectivity index is 2.02. The van der Waals surface area contributed by atoms with Crippen LogP contribution in [0.1, 0.15) is 18.4 Å². The van der Waals surface area contributed by atoms with Crippen LogP contribution in [0.5, 0.6) is 5.75 Å². The summed E-state index contributed by atoms with van der Waals surface area (Å²) in [5.74, 6) is 6.99. The molecule has 0 heterocycles. The second-order valence-electron chi connectivity index (χ2n) is 6.29. The zero-order valence-corrected chi connectivity index (χ0v) is 12.0. The highest BCUT2D eigenvalue weighted by atomic mass is 16.3. The van der Waals surface area contributed by atoms with Crippen molar-refractivity contribution in [3.63, 3.8) is 0 Å². The fourth-order valence-electron chi connectivity index (χ4n) is 3.64. The minimum Gasteiger partial charge on any atom is -0.508 e. The monoisotopic (exact) mass is 271 g/mol. The SMILES string of the molecule is CN(C)C[C@H]1CC[C@@H]2C#C[C@@H]2[C@]1(O)c1cccc(O)c1. The van der Waals surface area contributed by atoms with E-state index in [9.17, 15) is 10.2 Å². The van der Waals surface area contributed by atoms with Crippen LogP contribution in [0.4, 0.5) is 0 Å². The van der Waals surface area contributed by atoms with Gasteiger partial charge in [-0.25, -0.2) is 0 Å². The van der Waals surface area contributed by atoms with Crippen molar-refractivity contribution < 1.29 is 10.2 Å². The molecule has 3 heteroatoms. The van der Waals surface area contributed by atoms with Crippen molar-refractivity contribution in [3.8, 4) is 17.6 Å². The van der Waals surface area contributed by atoms with Gasteiger partial charge >= 0.3 is 0 Å². The van der Waals surface area contributed by atoms with E-state index < -0.39 is 5.60 Å². The standard InChI is InChI=1S/C17H21NO2/c1-18(2)11-14-8-6-12-7-9-16(12)17(14,20)13-4-3-5-15(19)10-13/h3-5,10,12,14,16,19-20H,6,8,11H2,1-2H3/t12-,14-,16+,17+/m1/s1. The van der Waals surface area contributed by atoms with Gasteiger partial charge in [-0.3, -0.25) is 0 Å². The lowest BCUT2D eigenvalue weighted by atomic mass is 9.58. The number of phenols is 1. The Morgan fingerprint density at radius 1 is 1.30 bits per heavy atom. The van der Waals surface area contributed by atoms with Crippen LogP contribution in [0, 0.1) is 29.6 Å². The molecule has 0 amide bonds. The van der Waals surface area contributed by atoms with Crippen molar-refractivity contribution in [3.05, 3.63) is 29.8 Å². The number of fused-ring (bicyclic) bond motifs is 1. The molecule has 1 saturated carbocycles. The van der Waals surface area contributed by atoms with E-state index in [0.29, 0.717) is 5.92 Å². The van der Waals surface area contributed by atoms with Crippen LogP contribution >= 0.6 is 0 Å². The van der Waals surface area contributed by atoms with Crippen molar-refractivity contribution in [1.29, 1.82) is 0 Å². The highest BCUT2D eigenvalue weighted by Crippen LogP contribution is 2.51. The molecule has 0 saturated heterocycles. The van der Waals surface area contributed by atoms with E-state index in [0.717, 1.165) is 24.9 Å². The molecule has 106 valence electrons. The molecule has 2 N–H and O–H groups in total. The Labute approximate surface area is 120 Å². The fraction of sp³-hybridized carbons (Fsp3) is 0.529. The minimum absolute atomic E-state index is 0.00278. The summed E-state index contributed by atoms with van der Waals surface area (Å²) in [6.07, 6.45) is 2.04. The zero-order chi connectivity index (χ0) is 14.3. The van der Waals surface area contributed by atoms with Crippen LogP contribution in [0.2, 0.25) is 0 Å². The summed E-state index contributed by atoms with van der Waals surface area (Å²) in [5.41, 5.74) is -0.148. The first kappa shape index (κ1) is 13.5. The molecule has 4 atom stereocenters. The van der Waals surface area contributed by atoms with Crippen molar-refractivity contribution in [2.24, 2.45) is 17.8 Å². The molecule has 3 rings (SSSR count). The van der Waals surface area contributed by atoms with E-state index in [1.165, 1.54) is 0 Å². The lowest BCUT2D eigenvalue weighted by molar-refractivity contribution is -0.105. The molecule has 1 fully saturated rings. The first-order chi connectivity index (χ1) is 9.51. The molecule has 0 radical (unpaired) electrons. The van der Waals surface area contributed by atoms with Crippen molar-refractivity contribution in [2.75, 3.05) is 20.6 Å². The zero-order valence-electron chi connectivity index (χ0n) is 12.0. The number of rotatable bonds is 3. The molecular weight excluding hydrogens is 250 g/mol. The molecule has 3 nitrogen and oxygen atoms in total. The van der Waals surface area contributed by atoms with E-state index >= 15 is 0 Å². The Hall–Kier alpha value is -1.50. The molecule has 2 aliphatic carbocycles. The molecule has 2 aliphatic rings. The van der Waals surface area contributed by atoms with Gasteiger partial charge in [0.2, 0.25) is 0 Å². The number of nitrogens with zero attached hydrogens (tertiary/aromatic N) is 1. The minimum atomic E-state index is -0.947. The number of aromatic hydroxyl groups is 1. The van der Waals surface area contributed by atoms with E-state index in [2.05, 4.69) is 16.7 Å². The van der Waals surface area contributed by atoms with Gasteiger partial charge in [-0.1, -0.05) is 24.0 Å². The van der Waals surface area contributed by atoms with Gasteiger partial charge < -0.3 is 15.1 Å². The Morgan fingerprint density at radius 3 is 2.70 bits per heavy atom. The fourth-order valence-corrected chi connectivity index (χ4v) is 3.64. The predicted molar refractivity (Wildman–Crippen MR) is 78.0 cm³/mol. The molecule has 20 heavy (non-hydrogen) atoms. The van der Waals surface area contributed by atoms with E-state index in [1.807, 2.05) is 20.2 Å². The van der Waals surface area contributed by atoms with Crippen molar-refractivity contribution >= 4 is 0 Å². The highest BCUT2D eigenvalue weighted by Gasteiger charge is 2.53. The average molecular weight is 271 g/mol. The predicted octanol–water partition coefficient (Wildman–Crippen LogP) is 1.80. The van der Waals surface area contributed by atoms with Crippen LogP contribution in [0.15, 0.2) is 24.3 Å². The average Bonchev–Trinajstić information content (AvgIpc) is 2.34. The van der Waals surface area contributed by atoms with E-state index in [-0.39, 0.29) is 17.6 Å². The maximum Gasteiger partial charge on any atom is 0.115 e. The van der Waals surface area contributed by atoms with Crippen LogP contribution < -0.4 is 0 Å². The molecule has 0 unspecified atom stereocenters. The molecular formula is C17H21NO2. The van der Waals surface area contributed by atoms with E-state index in [1.54, 1.807) is 18.2 Å². The largest absolute Gasteiger partial charge is 0.508 e. The smallest absolute Gasteiger partial charge is 0.115 e. The second kappa shape index (κ2) is 4.80. The Morgan fingerprint density at radius 2 is 2.10 bits per heavy atom. The van der Waals surface area contributed by atoms with Gasteiger partial charge in [0.1, 0.15) is 11.4 Å².